The highest BCUT2D eigenvalue weighted by molar-refractivity contribution is 5.89. The average molecular weight is 273 g/mol. The van der Waals surface area contributed by atoms with Gasteiger partial charge in [-0.05, 0) is 38.5 Å². The van der Waals surface area contributed by atoms with Crippen LogP contribution in [0, 0.1) is 6.92 Å². The fraction of sp³-hybridized carbons (Fsp3) is 0.333. The van der Waals surface area contributed by atoms with Gasteiger partial charge in [0.1, 0.15) is 0 Å². The maximum absolute atomic E-state index is 11.0. The van der Waals surface area contributed by atoms with Crippen molar-refractivity contribution in [3.63, 3.8) is 0 Å². The zero-order valence-corrected chi connectivity index (χ0v) is 11.9. The monoisotopic (exact) mass is 273 g/mol. The molecule has 1 heterocycles. The van der Waals surface area contributed by atoms with Gasteiger partial charge in [0.25, 0.3) is 0 Å². The van der Waals surface area contributed by atoms with Crippen molar-refractivity contribution in [3.8, 4) is 0 Å². The molecule has 5 nitrogen and oxygen atoms in total. The largest absolute Gasteiger partial charge is 0.478 e. The van der Waals surface area contributed by atoms with E-state index in [1.165, 1.54) is 0 Å². The quantitative estimate of drug-likeness (QED) is 0.878. The van der Waals surface area contributed by atoms with Gasteiger partial charge in [-0.1, -0.05) is 6.07 Å². The highest BCUT2D eigenvalue weighted by Crippen LogP contribution is 2.18. The summed E-state index contributed by atoms with van der Waals surface area (Å²) in [4.78, 5) is 11.0. The molecular weight excluding hydrogens is 254 g/mol. The van der Waals surface area contributed by atoms with Crippen LogP contribution in [-0.2, 0) is 6.54 Å². The molecule has 0 unspecified atom stereocenters. The molecule has 20 heavy (non-hydrogen) atoms. The molecule has 2 N–H and O–H groups in total. The number of rotatable bonds is 5. The van der Waals surface area contributed by atoms with Crippen LogP contribution in [-0.4, -0.2) is 20.9 Å². The van der Waals surface area contributed by atoms with Crippen molar-refractivity contribution in [1.29, 1.82) is 0 Å². The zero-order valence-electron chi connectivity index (χ0n) is 11.9. The number of nitrogens with zero attached hydrogens (tertiary/aromatic N) is 2. The number of hydrogen-bond donors (Lipinski definition) is 2. The standard InChI is InChI=1S/C15H19N3O2/c1-10(2)18-9-12(8-17-18)7-16-14-6-13(15(19)20)5-4-11(14)3/h4-6,8-10,16H,7H2,1-3H3,(H,19,20). The number of carboxylic acid groups (broad SMARTS) is 1. The summed E-state index contributed by atoms with van der Waals surface area (Å²) < 4.78 is 1.90. The zero-order chi connectivity index (χ0) is 14.7. The van der Waals surface area contributed by atoms with Gasteiger partial charge in [-0.15, -0.1) is 0 Å². The van der Waals surface area contributed by atoms with Gasteiger partial charge in [-0.3, -0.25) is 4.68 Å². The summed E-state index contributed by atoms with van der Waals surface area (Å²) in [6.45, 7) is 6.72. The molecule has 0 atom stereocenters. The molecule has 0 aliphatic carbocycles. The van der Waals surface area contributed by atoms with Crippen LogP contribution in [0.4, 0.5) is 5.69 Å². The van der Waals surface area contributed by atoms with Gasteiger partial charge in [-0.25, -0.2) is 4.79 Å². The molecule has 0 radical (unpaired) electrons. The number of carboxylic acids is 1. The predicted octanol–water partition coefficient (Wildman–Crippen LogP) is 3.08. The summed E-state index contributed by atoms with van der Waals surface area (Å²) in [6.07, 6.45) is 3.82. The highest BCUT2D eigenvalue weighted by atomic mass is 16.4. The van der Waals surface area contributed by atoms with E-state index in [4.69, 9.17) is 5.11 Å². The summed E-state index contributed by atoms with van der Waals surface area (Å²) in [7, 11) is 0. The maximum Gasteiger partial charge on any atom is 0.335 e. The Morgan fingerprint density at radius 1 is 1.45 bits per heavy atom. The van der Waals surface area contributed by atoms with Gasteiger partial charge >= 0.3 is 5.97 Å². The first-order valence-corrected chi connectivity index (χ1v) is 6.58. The summed E-state index contributed by atoms with van der Waals surface area (Å²) in [5.74, 6) is -0.916. The molecule has 0 aliphatic heterocycles. The Hall–Kier alpha value is -2.30. The van der Waals surface area contributed by atoms with E-state index in [0.29, 0.717) is 12.6 Å². The topological polar surface area (TPSA) is 67.2 Å². The van der Waals surface area contributed by atoms with Crippen LogP contribution < -0.4 is 5.32 Å². The molecule has 0 saturated heterocycles. The second-order valence-corrected chi connectivity index (χ2v) is 5.11. The fourth-order valence-electron chi connectivity index (χ4n) is 1.89. The number of nitrogens with one attached hydrogen (secondary N) is 1. The van der Waals surface area contributed by atoms with E-state index in [2.05, 4.69) is 24.3 Å². The summed E-state index contributed by atoms with van der Waals surface area (Å²) in [5.41, 5.74) is 3.21. The normalized spacial score (nSPS) is 10.8. The van der Waals surface area contributed by atoms with Crippen LogP contribution in [0.15, 0.2) is 30.6 Å². The summed E-state index contributed by atoms with van der Waals surface area (Å²) in [6, 6.07) is 5.41. The second-order valence-electron chi connectivity index (χ2n) is 5.11. The van der Waals surface area contributed by atoms with Crippen molar-refractivity contribution >= 4 is 11.7 Å². The van der Waals surface area contributed by atoms with E-state index in [1.54, 1.807) is 12.1 Å². The van der Waals surface area contributed by atoms with Crippen molar-refractivity contribution in [1.82, 2.24) is 9.78 Å². The lowest BCUT2D eigenvalue weighted by atomic mass is 10.1. The molecule has 1 aromatic heterocycles. The van der Waals surface area contributed by atoms with Gasteiger partial charge < -0.3 is 10.4 Å². The molecule has 5 heteroatoms. The minimum atomic E-state index is -0.916. The highest BCUT2D eigenvalue weighted by Gasteiger charge is 2.07. The van der Waals surface area contributed by atoms with E-state index < -0.39 is 5.97 Å². The first-order valence-electron chi connectivity index (χ1n) is 6.58. The number of aromatic nitrogens is 2. The van der Waals surface area contributed by atoms with Crippen molar-refractivity contribution in [2.75, 3.05) is 5.32 Å². The Balaban J connectivity index is 2.09. The van der Waals surface area contributed by atoms with Gasteiger partial charge in [-0.2, -0.15) is 5.10 Å². The fourth-order valence-corrected chi connectivity index (χ4v) is 1.89. The van der Waals surface area contributed by atoms with Crippen LogP contribution >= 0.6 is 0 Å². The molecule has 2 rings (SSSR count). The third kappa shape index (κ3) is 3.17. The van der Waals surface area contributed by atoms with E-state index >= 15 is 0 Å². The molecule has 1 aromatic carbocycles. The van der Waals surface area contributed by atoms with Crippen molar-refractivity contribution in [3.05, 3.63) is 47.3 Å². The van der Waals surface area contributed by atoms with Crippen molar-refractivity contribution in [2.24, 2.45) is 0 Å². The number of carbonyl (C=O) groups is 1. The lowest BCUT2D eigenvalue weighted by Crippen LogP contribution is -2.04. The molecular formula is C15H19N3O2. The van der Waals surface area contributed by atoms with E-state index in [0.717, 1.165) is 16.8 Å². The number of benzene rings is 1. The lowest BCUT2D eigenvalue weighted by molar-refractivity contribution is 0.0697. The maximum atomic E-state index is 11.0. The number of aryl methyl sites for hydroxylation is 1. The molecule has 2 aromatic rings. The SMILES string of the molecule is Cc1ccc(C(=O)O)cc1NCc1cnn(C(C)C)c1. The minimum absolute atomic E-state index is 0.288. The first-order chi connectivity index (χ1) is 9.47. The van der Waals surface area contributed by atoms with Crippen LogP contribution in [0.3, 0.4) is 0 Å². The van der Waals surface area contributed by atoms with Crippen LogP contribution in [0.5, 0.6) is 0 Å². The Morgan fingerprint density at radius 3 is 2.80 bits per heavy atom. The van der Waals surface area contributed by atoms with Gasteiger partial charge in [0.05, 0.1) is 11.8 Å². The molecule has 106 valence electrons. The number of hydrogen-bond acceptors (Lipinski definition) is 3. The molecule has 0 amide bonds. The lowest BCUT2D eigenvalue weighted by Gasteiger charge is -2.09. The average Bonchev–Trinajstić information content (AvgIpc) is 2.86. The third-order valence-corrected chi connectivity index (χ3v) is 3.15. The minimum Gasteiger partial charge on any atom is -0.478 e. The molecule has 0 spiro atoms. The Morgan fingerprint density at radius 2 is 2.20 bits per heavy atom. The predicted molar refractivity (Wildman–Crippen MR) is 78.1 cm³/mol. The van der Waals surface area contributed by atoms with Crippen LogP contribution in [0.2, 0.25) is 0 Å². The Labute approximate surface area is 118 Å². The number of anilines is 1. The van der Waals surface area contributed by atoms with Gasteiger partial charge in [0, 0.05) is 30.0 Å². The summed E-state index contributed by atoms with van der Waals surface area (Å²) in [5, 5.41) is 16.5. The Kier molecular flexibility index (Phi) is 4.08. The third-order valence-electron chi connectivity index (χ3n) is 3.15. The molecule has 0 fully saturated rings. The molecule has 0 bridgehead atoms. The van der Waals surface area contributed by atoms with Crippen molar-refractivity contribution in [2.45, 2.75) is 33.4 Å². The molecule has 0 aliphatic rings. The smallest absolute Gasteiger partial charge is 0.335 e. The van der Waals surface area contributed by atoms with Crippen LogP contribution in [0.1, 0.15) is 41.4 Å². The van der Waals surface area contributed by atoms with E-state index in [9.17, 15) is 4.79 Å². The molecule has 0 saturated carbocycles. The van der Waals surface area contributed by atoms with E-state index in [1.807, 2.05) is 30.1 Å². The van der Waals surface area contributed by atoms with Gasteiger partial charge in [0.2, 0.25) is 0 Å². The first kappa shape index (κ1) is 14.1. The Bertz CT molecular complexity index is 617. The second kappa shape index (κ2) is 5.77. The number of aromatic carboxylic acids is 1. The van der Waals surface area contributed by atoms with Gasteiger partial charge in [0.15, 0.2) is 0 Å². The summed E-state index contributed by atoms with van der Waals surface area (Å²) >= 11 is 0. The van der Waals surface area contributed by atoms with Crippen molar-refractivity contribution < 1.29 is 9.90 Å². The van der Waals surface area contributed by atoms with Crippen LogP contribution in [0.25, 0.3) is 0 Å². The van der Waals surface area contributed by atoms with E-state index in [-0.39, 0.29) is 5.56 Å².